The van der Waals surface area contributed by atoms with E-state index in [9.17, 15) is 18.0 Å². The number of carbonyl (C=O) groups is 2. The van der Waals surface area contributed by atoms with Gasteiger partial charge in [0.25, 0.3) is 0 Å². The van der Waals surface area contributed by atoms with Crippen LogP contribution in [0.4, 0.5) is 0 Å². The van der Waals surface area contributed by atoms with Crippen LogP contribution in [0.3, 0.4) is 0 Å². The third-order valence-corrected chi connectivity index (χ3v) is 5.14. The van der Waals surface area contributed by atoms with Crippen molar-refractivity contribution in [2.75, 3.05) is 24.6 Å². The van der Waals surface area contributed by atoms with E-state index in [2.05, 4.69) is 0 Å². The third kappa shape index (κ3) is 4.19. The number of hydrogen-bond acceptors (Lipinski definition) is 4. The molecule has 0 aliphatic carbocycles. The molecule has 1 atom stereocenters. The lowest BCUT2D eigenvalue weighted by molar-refractivity contribution is -0.153. The zero-order valence-corrected chi connectivity index (χ0v) is 12.2. The number of piperidine rings is 1. The minimum absolute atomic E-state index is 0.0111. The molecule has 6 nitrogen and oxygen atoms in total. The molecule has 7 heteroatoms. The van der Waals surface area contributed by atoms with E-state index in [-0.39, 0.29) is 12.3 Å². The number of rotatable bonds is 5. The average molecular weight is 291 g/mol. The molecule has 1 aliphatic heterocycles. The van der Waals surface area contributed by atoms with E-state index in [1.54, 1.807) is 13.8 Å². The molecule has 1 saturated heterocycles. The van der Waals surface area contributed by atoms with Crippen molar-refractivity contribution in [3.05, 3.63) is 0 Å². The van der Waals surface area contributed by atoms with Crippen LogP contribution in [-0.2, 0) is 19.4 Å². The number of aliphatic carboxylic acids is 1. The van der Waals surface area contributed by atoms with Gasteiger partial charge in [-0.15, -0.1) is 0 Å². The Hall–Kier alpha value is -1.11. The van der Waals surface area contributed by atoms with Crippen LogP contribution in [0.5, 0.6) is 0 Å². The van der Waals surface area contributed by atoms with Gasteiger partial charge in [-0.3, -0.25) is 9.59 Å². The minimum atomic E-state index is -3.38. The Labute approximate surface area is 113 Å². The summed E-state index contributed by atoms with van der Waals surface area (Å²) < 4.78 is 23.2. The standard InChI is InChI=1S/C12H21NO5S/c1-3-7-19(17,18)8-10(14)13-6-4-5-12(2,9-13)11(15)16/h3-9H2,1-2H3,(H,15,16). The van der Waals surface area contributed by atoms with Gasteiger partial charge in [-0.05, 0) is 26.2 Å². The van der Waals surface area contributed by atoms with Gasteiger partial charge >= 0.3 is 5.97 Å². The molecule has 1 amide bonds. The van der Waals surface area contributed by atoms with Crippen LogP contribution in [0.15, 0.2) is 0 Å². The second kappa shape index (κ2) is 5.90. The second-order valence-electron chi connectivity index (χ2n) is 5.38. The molecule has 1 aliphatic rings. The highest BCUT2D eigenvalue weighted by atomic mass is 32.2. The number of likely N-dealkylation sites (tertiary alicyclic amines) is 1. The maximum atomic E-state index is 12.0. The van der Waals surface area contributed by atoms with Crippen LogP contribution in [0.1, 0.15) is 33.1 Å². The smallest absolute Gasteiger partial charge is 0.311 e. The molecule has 1 heterocycles. The first-order valence-electron chi connectivity index (χ1n) is 6.42. The monoisotopic (exact) mass is 291 g/mol. The van der Waals surface area contributed by atoms with Gasteiger partial charge in [0.1, 0.15) is 5.75 Å². The van der Waals surface area contributed by atoms with Gasteiger partial charge in [-0.2, -0.15) is 0 Å². The summed E-state index contributed by atoms with van der Waals surface area (Å²) in [6.45, 7) is 3.85. The van der Waals surface area contributed by atoms with E-state index in [1.165, 1.54) is 4.90 Å². The van der Waals surface area contributed by atoms with Gasteiger partial charge in [0.05, 0.1) is 11.2 Å². The molecule has 0 aromatic heterocycles. The Morgan fingerprint density at radius 1 is 1.37 bits per heavy atom. The molecule has 0 spiro atoms. The molecule has 0 aromatic rings. The van der Waals surface area contributed by atoms with Gasteiger partial charge in [0.15, 0.2) is 9.84 Å². The summed E-state index contributed by atoms with van der Waals surface area (Å²) in [5.41, 5.74) is -0.970. The SMILES string of the molecule is CCCS(=O)(=O)CC(=O)N1CCCC(C)(C(=O)O)C1. The van der Waals surface area contributed by atoms with Crippen molar-refractivity contribution in [3.63, 3.8) is 0 Å². The topological polar surface area (TPSA) is 91.8 Å². The van der Waals surface area contributed by atoms with Crippen molar-refractivity contribution in [2.24, 2.45) is 5.41 Å². The zero-order chi connectivity index (χ0) is 14.7. The summed E-state index contributed by atoms with van der Waals surface area (Å²) in [6.07, 6.45) is 1.57. The number of hydrogen-bond donors (Lipinski definition) is 1. The predicted molar refractivity (Wildman–Crippen MR) is 70.5 cm³/mol. The van der Waals surface area contributed by atoms with Crippen LogP contribution < -0.4 is 0 Å². The highest BCUT2D eigenvalue weighted by Gasteiger charge is 2.39. The molecule has 0 bridgehead atoms. The van der Waals surface area contributed by atoms with Crippen LogP contribution in [0, 0.1) is 5.41 Å². The van der Waals surface area contributed by atoms with Gasteiger partial charge in [0, 0.05) is 13.1 Å². The summed E-state index contributed by atoms with van der Waals surface area (Å²) in [5.74, 6) is -1.96. The lowest BCUT2D eigenvalue weighted by atomic mass is 9.82. The maximum Gasteiger partial charge on any atom is 0.311 e. The molecule has 1 fully saturated rings. The molecule has 1 N–H and O–H groups in total. The fourth-order valence-electron chi connectivity index (χ4n) is 2.29. The molecule has 110 valence electrons. The van der Waals surface area contributed by atoms with Gasteiger partial charge in [-0.1, -0.05) is 6.92 Å². The summed E-state index contributed by atoms with van der Waals surface area (Å²) >= 11 is 0. The number of sulfone groups is 1. The number of carboxylic acids is 1. The first-order valence-corrected chi connectivity index (χ1v) is 8.24. The molecule has 1 rings (SSSR count). The first-order chi connectivity index (χ1) is 8.70. The van der Waals surface area contributed by atoms with Crippen molar-refractivity contribution in [1.29, 1.82) is 0 Å². The lowest BCUT2D eigenvalue weighted by Gasteiger charge is -2.37. The Morgan fingerprint density at radius 3 is 2.53 bits per heavy atom. The summed E-state index contributed by atoms with van der Waals surface area (Å²) in [5, 5.41) is 9.16. The summed E-state index contributed by atoms with van der Waals surface area (Å²) in [7, 11) is -3.38. The van der Waals surface area contributed by atoms with E-state index < -0.39 is 32.9 Å². The maximum absolute atomic E-state index is 12.0. The number of carboxylic acid groups (broad SMARTS) is 1. The Morgan fingerprint density at radius 2 is 2.00 bits per heavy atom. The molecule has 0 saturated carbocycles. The minimum Gasteiger partial charge on any atom is -0.481 e. The van der Waals surface area contributed by atoms with Crippen molar-refractivity contribution >= 4 is 21.7 Å². The fourth-order valence-corrected chi connectivity index (χ4v) is 3.61. The van der Waals surface area contributed by atoms with Crippen molar-refractivity contribution in [1.82, 2.24) is 4.90 Å². The van der Waals surface area contributed by atoms with Crippen LogP contribution >= 0.6 is 0 Å². The number of carbonyl (C=O) groups excluding carboxylic acids is 1. The van der Waals surface area contributed by atoms with E-state index in [1.807, 2.05) is 0 Å². The van der Waals surface area contributed by atoms with Crippen LogP contribution in [0.2, 0.25) is 0 Å². The molecule has 0 radical (unpaired) electrons. The van der Waals surface area contributed by atoms with Crippen LogP contribution in [0.25, 0.3) is 0 Å². The summed E-state index contributed by atoms with van der Waals surface area (Å²) in [4.78, 5) is 24.5. The molecule has 0 aromatic carbocycles. The fraction of sp³-hybridized carbons (Fsp3) is 0.833. The number of nitrogens with zero attached hydrogens (tertiary/aromatic N) is 1. The largest absolute Gasteiger partial charge is 0.481 e. The number of amides is 1. The average Bonchev–Trinajstić information content (AvgIpc) is 2.28. The molecule has 1 unspecified atom stereocenters. The van der Waals surface area contributed by atoms with Gasteiger partial charge in [0.2, 0.25) is 5.91 Å². The van der Waals surface area contributed by atoms with Crippen LogP contribution in [-0.4, -0.2) is 54.9 Å². The summed E-state index contributed by atoms with van der Waals surface area (Å²) in [6, 6.07) is 0. The van der Waals surface area contributed by atoms with Gasteiger partial charge in [-0.25, -0.2) is 8.42 Å². The van der Waals surface area contributed by atoms with E-state index in [0.717, 1.165) is 0 Å². The highest BCUT2D eigenvalue weighted by molar-refractivity contribution is 7.92. The molecular formula is C12H21NO5S. The molecule has 19 heavy (non-hydrogen) atoms. The van der Waals surface area contributed by atoms with E-state index in [4.69, 9.17) is 5.11 Å². The van der Waals surface area contributed by atoms with E-state index in [0.29, 0.717) is 25.8 Å². The quantitative estimate of drug-likeness (QED) is 0.797. The van der Waals surface area contributed by atoms with Crippen molar-refractivity contribution in [3.8, 4) is 0 Å². The Kier molecular flexibility index (Phi) is 4.95. The normalized spacial score (nSPS) is 24.2. The van der Waals surface area contributed by atoms with E-state index >= 15 is 0 Å². The molecular weight excluding hydrogens is 270 g/mol. The Bertz CT molecular complexity index is 459. The lowest BCUT2D eigenvalue weighted by Crippen LogP contribution is -2.49. The van der Waals surface area contributed by atoms with Crippen molar-refractivity contribution in [2.45, 2.75) is 33.1 Å². The predicted octanol–water partition coefficient (Wildman–Crippen LogP) is 0.524. The zero-order valence-electron chi connectivity index (χ0n) is 11.4. The Balaban J connectivity index is 2.71. The van der Waals surface area contributed by atoms with Crippen molar-refractivity contribution < 1.29 is 23.1 Å². The second-order valence-corrected chi connectivity index (χ2v) is 7.56. The third-order valence-electron chi connectivity index (χ3n) is 3.42. The highest BCUT2D eigenvalue weighted by Crippen LogP contribution is 2.29. The van der Waals surface area contributed by atoms with Gasteiger partial charge < -0.3 is 10.0 Å². The first kappa shape index (κ1) is 15.9.